The number of rotatable bonds is 6. The molecule has 0 saturated carbocycles. The Hall–Kier alpha value is -1.28. The smallest absolute Gasteiger partial charge is 0.204 e. The van der Waals surface area contributed by atoms with Crippen molar-refractivity contribution in [3.05, 3.63) is 0 Å². The van der Waals surface area contributed by atoms with Gasteiger partial charge < -0.3 is 11.1 Å². The van der Waals surface area contributed by atoms with Crippen LogP contribution in [-0.4, -0.2) is 26.1 Å². The number of aliphatic imine (C=N–C) groups is 1. The summed E-state index contributed by atoms with van der Waals surface area (Å²) < 4.78 is 0. The average Bonchev–Trinajstić information content (AvgIpc) is 2.21. The summed E-state index contributed by atoms with van der Waals surface area (Å²) in [6, 6.07) is 0. The van der Waals surface area contributed by atoms with Crippen LogP contribution in [0.4, 0.5) is 0 Å². The molecular weight excluding hydrogens is 178 g/mol. The molecule has 0 saturated heterocycles. The molecule has 0 aromatic carbocycles. The molecular formula is C9H19N5. The lowest BCUT2D eigenvalue weighted by Crippen LogP contribution is -2.34. The number of nitrogens with two attached hydrogens (primary N) is 1. The molecule has 0 spiro atoms. The molecule has 0 aromatic heterocycles. The Morgan fingerprint density at radius 2 is 2.07 bits per heavy atom. The molecule has 5 heteroatoms. The maximum absolute atomic E-state index is 8.34. The molecule has 0 amide bonds. The zero-order valence-electron chi connectivity index (χ0n) is 8.71. The van der Waals surface area contributed by atoms with E-state index >= 15 is 0 Å². The van der Waals surface area contributed by atoms with Crippen molar-refractivity contribution in [2.24, 2.45) is 10.7 Å². The largest absolute Gasteiger partial charge is 0.356 e. The number of hydrogen-bond donors (Lipinski definition) is 3. The molecule has 0 aliphatic rings. The number of nitriles is 1. The number of guanidine groups is 1. The van der Waals surface area contributed by atoms with Crippen LogP contribution in [0.3, 0.4) is 0 Å². The fraction of sp³-hybridized carbons (Fsp3) is 0.778. The minimum absolute atomic E-state index is 0.534. The van der Waals surface area contributed by atoms with E-state index < -0.39 is 0 Å². The van der Waals surface area contributed by atoms with Crippen molar-refractivity contribution in [1.29, 1.82) is 5.26 Å². The van der Waals surface area contributed by atoms with Crippen LogP contribution < -0.4 is 16.4 Å². The van der Waals surface area contributed by atoms with Crippen LogP contribution in [0.5, 0.6) is 0 Å². The summed E-state index contributed by atoms with van der Waals surface area (Å²) in [4.78, 5) is 3.86. The lowest BCUT2D eigenvalue weighted by Gasteiger charge is -2.06. The van der Waals surface area contributed by atoms with Gasteiger partial charge in [0.05, 0.1) is 0 Å². The minimum atomic E-state index is 0.534. The van der Waals surface area contributed by atoms with Crippen LogP contribution in [-0.2, 0) is 0 Å². The molecule has 4 N–H and O–H groups in total. The van der Waals surface area contributed by atoms with Crippen LogP contribution in [0, 0.1) is 11.5 Å². The Labute approximate surface area is 85.4 Å². The highest BCUT2D eigenvalue weighted by atomic mass is 15.2. The number of nitrogens with zero attached hydrogens (tertiary/aromatic N) is 2. The summed E-state index contributed by atoms with van der Waals surface area (Å²) in [5.41, 5.74) is 5.37. The van der Waals surface area contributed by atoms with Crippen molar-refractivity contribution in [1.82, 2.24) is 10.6 Å². The zero-order valence-corrected chi connectivity index (χ0v) is 8.71. The van der Waals surface area contributed by atoms with E-state index in [4.69, 9.17) is 11.0 Å². The molecule has 0 heterocycles. The van der Waals surface area contributed by atoms with E-state index in [1.165, 1.54) is 6.42 Å². The van der Waals surface area contributed by atoms with Crippen molar-refractivity contribution in [3.63, 3.8) is 0 Å². The van der Waals surface area contributed by atoms with E-state index in [0.29, 0.717) is 5.96 Å². The van der Waals surface area contributed by atoms with Crippen molar-refractivity contribution in [2.45, 2.75) is 25.7 Å². The van der Waals surface area contributed by atoms with Crippen LogP contribution >= 0.6 is 0 Å². The third-order valence-electron chi connectivity index (χ3n) is 1.82. The van der Waals surface area contributed by atoms with Gasteiger partial charge in [0.15, 0.2) is 6.19 Å². The van der Waals surface area contributed by atoms with Gasteiger partial charge in [-0.2, -0.15) is 5.26 Å². The van der Waals surface area contributed by atoms with Crippen LogP contribution in [0.2, 0.25) is 0 Å². The predicted octanol–water partition coefficient (Wildman–Crippen LogP) is 0.152. The number of unbranched alkanes of at least 4 members (excludes halogenated alkanes) is 3. The molecule has 0 bridgehead atoms. The molecule has 0 atom stereocenters. The fourth-order valence-electron chi connectivity index (χ4n) is 1.06. The van der Waals surface area contributed by atoms with Crippen molar-refractivity contribution >= 4 is 5.96 Å². The predicted molar refractivity (Wildman–Crippen MR) is 57.6 cm³/mol. The molecule has 14 heavy (non-hydrogen) atoms. The molecule has 5 nitrogen and oxygen atoms in total. The van der Waals surface area contributed by atoms with Gasteiger partial charge >= 0.3 is 0 Å². The Morgan fingerprint density at radius 3 is 2.64 bits per heavy atom. The molecule has 0 aliphatic carbocycles. The Kier molecular flexibility index (Phi) is 8.91. The molecule has 0 radical (unpaired) electrons. The molecule has 0 unspecified atom stereocenters. The van der Waals surface area contributed by atoms with Crippen molar-refractivity contribution in [2.75, 3.05) is 20.1 Å². The summed E-state index contributed by atoms with van der Waals surface area (Å²) in [5.74, 6) is 0.534. The SMILES string of the molecule is CN=C(NC#N)NCCCCCCN. The quantitative estimate of drug-likeness (QED) is 0.186. The molecule has 80 valence electrons. The lowest BCUT2D eigenvalue weighted by molar-refractivity contribution is 0.634. The summed E-state index contributed by atoms with van der Waals surface area (Å²) in [7, 11) is 1.64. The molecule has 0 fully saturated rings. The molecule has 0 rings (SSSR count). The monoisotopic (exact) mass is 197 g/mol. The molecule has 0 aliphatic heterocycles. The van der Waals surface area contributed by atoms with Gasteiger partial charge in [-0.05, 0) is 19.4 Å². The molecule has 0 aromatic rings. The van der Waals surface area contributed by atoms with Gasteiger partial charge in [-0.15, -0.1) is 0 Å². The highest BCUT2D eigenvalue weighted by Gasteiger charge is 1.94. The van der Waals surface area contributed by atoms with Crippen LogP contribution in [0.15, 0.2) is 4.99 Å². The van der Waals surface area contributed by atoms with Gasteiger partial charge in [0.25, 0.3) is 0 Å². The van der Waals surface area contributed by atoms with Gasteiger partial charge in [-0.3, -0.25) is 10.3 Å². The Morgan fingerprint density at radius 1 is 1.36 bits per heavy atom. The first-order chi connectivity index (χ1) is 6.85. The Balaban J connectivity index is 3.30. The zero-order chi connectivity index (χ0) is 10.6. The number of nitrogens with one attached hydrogen (secondary N) is 2. The maximum Gasteiger partial charge on any atom is 0.204 e. The van der Waals surface area contributed by atoms with Gasteiger partial charge in [-0.25, -0.2) is 0 Å². The second-order valence-electron chi connectivity index (χ2n) is 2.94. The normalized spacial score (nSPS) is 10.8. The van der Waals surface area contributed by atoms with Gasteiger partial charge in [-0.1, -0.05) is 12.8 Å². The van der Waals surface area contributed by atoms with Crippen LogP contribution in [0.1, 0.15) is 25.7 Å². The third kappa shape index (κ3) is 7.37. The van der Waals surface area contributed by atoms with E-state index in [-0.39, 0.29) is 0 Å². The van der Waals surface area contributed by atoms with E-state index in [0.717, 1.165) is 32.4 Å². The first kappa shape index (κ1) is 12.7. The minimum Gasteiger partial charge on any atom is -0.356 e. The van der Waals surface area contributed by atoms with E-state index in [1.54, 1.807) is 7.05 Å². The summed E-state index contributed by atoms with van der Waals surface area (Å²) in [6.45, 7) is 1.61. The highest BCUT2D eigenvalue weighted by molar-refractivity contribution is 5.80. The van der Waals surface area contributed by atoms with E-state index in [1.807, 2.05) is 6.19 Å². The first-order valence-electron chi connectivity index (χ1n) is 4.91. The van der Waals surface area contributed by atoms with Crippen molar-refractivity contribution < 1.29 is 0 Å². The summed E-state index contributed by atoms with van der Waals surface area (Å²) >= 11 is 0. The van der Waals surface area contributed by atoms with Gasteiger partial charge in [0.1, 0.15) is 0 Å². The summed E-state index contributed by atoms with van der Waals surface area (Å²) in [5, 5.41) is 13.8. The van der Waals surface area contributed by atoms with E-state index in [2.05, 4.69) is 15.6 Å². The van der Waals surface area contributed by atoms with Gasteiger partial charge in [0.2, 0.25) is 5.96 Å². The maximum atomic E-state index is 8.34. The third-order valence-corrected chi connectivity index (χ3v) is 1.82. The second kappa shape index (κ2) is 9.81. The number of hydrogen-bond acceptors (Lipinski definition) is 3. The fourth-order valence-corrected chi connectivity index (χ4v) is 1.06. The second-order valence-corrected chi connectivity index (χ2v) is 2.94. The first-order valence-corrected chi connectivity index (χ1v) is 4.91. The van der Waals surface area contributed by atoms with Gasteiger partial charge in [0, 0.05) is 13.6 Å². The standard InChI is InChI=1S/C9H19N5/c1-12-9(14-8-11)13-7-5-3-2-4-6-10/h2-7,10H2,1H3,(H2,12,13,14). The lowest BCUT2D eigenvalue weighted by atomic mass is 10.2. The highest BCUT2D eigenvalue weighted by Crippen LogP contribution is 1.96. The Bertz CT molecular complexity index is 194. The van der Waals surface area contributed by atoms with E-state index in [9.17, 15) is 0 Å². The summed E-state index contributed by atoms with van der Waals surface area (Å²) in [6.07, 6.45) is 6.31. The van der Waals surface area contributed by atoms with Crippen molar-refractivity contribution in [3.8, 4) is 6.19 Å². The average molecular weight is 197 g/mol. The topological polar surface area (TPSA) is 86.2 Å². The van der Waals surface area contributed by atoms with Crippen LogP contribution in [0.25, 0.3) is 0 Å².